The minimum Gasteiger partial charge on any atom is -0.480 e. The van der Waals surface area contributed by atoms with Gasteiger partial charge in [-0.2, -0.15) is 0 Å². The van der Waals surface area contributed by atoms with E-state index in [0.717, 1.165) is 0 Å². The molecule has 0 aliphatic rings. The number of aliphatic carboxylic acids is 2. The van der Waals surface area contributed by atoms with Crippen LogP contribution in [0.3, 0.4) is 0 Å². The molecule has 0 saturated carbocycles. The van der Waals surface area contributed by atoms with Crippen molar-refractivity contribution in [2.45, 2.75) is 18.9 Å². The zero-order valence-electron chi connectivity index (χ0n) is 9.42. The van der Waals surface area contributed by atoms with E-state index < -0.39 is 24.1 Å². The SMILES string of the molecule is CCC(OCC(=O)O)(C(=O)O)c1ccccc1. The van der Waals surface area contributed by atoms with Crippen LogP contribution in [0.1, 0.15) is 18.9 Å². The van der Waals surface area contributed by atoms with E-state index >= 15 is 0 Å². The zero-order chi connectivity index (χ0) is 12.9. The number of benzene rings is 1. The van der Waals surface area contributed by atoms with Crippen molar-refractivity contribution >= 4 is 11.9 Å². The molecule has 1 aromatic carbocycles. The van der Waals surface area contributed by atoms with Crippen LogP contribution in [0.2, 0.25) is 0 Å². The lowest BCUT2D eigenvalue weighted by Gasteiger charge is -2.28. The van der Waals surface area contributed by atoms with Gasteiger partial charge in [0.2, 0.25) is 0 Å². The van der Waals surface area contributed by atoms with E-state index in [1.54, 1.807) is 37.3 Å². The molecule has 0 heterocycles. The first-order valence-corrected chi connectivity index (χ1v) is 5.17. The third kappa shape index (κ3) is 2.82. The Morgan fingerprint density at radius 2 is 1.82 bits per heavy atom. The Bertz CT molecular complexity index is 401. The molecule has 17 heavy (non-hydrogen) atoms. The fourth-order valence-electron chi connectivity index (χ4n) is 1.62. The summed E-state index contributed by atoms with van der Waals surface area (Å²) < 4.78 is 5.09. The van der Waals surface area contributed by atoms with Crippen molar-refractivity contribution in [2.75, 3.05) is 6.61 Å². The van der Waals surface area contributed by atoms with Gasteiger partial charge in [-0.15, -0.1) is 0 Å². The summed E-state index contributed by atoms with van der Waals surface area (Å²) in [5, 5.41) is 17.9. The van der Waals surface area contributed by atoms with Crippen molar-refractivity contribution in [2.24, 2.45) is 0 Å². The van der Waals surface area contributed by atoms with E-state index in [-0.39, 0.29) is 6.42 Å². The molecule has 0 bridgehead atoms. The zero-order valence-corrected chi connectivity index (χ0v) is 9.42. The van der Waals surface area contributed by atoms with E-state index in [0.29, 0.717) is 5.56 Å². The fraction of sp³-hybridized carbons (Fsp3) is 0.333. The molecule has 0 saturated heterocycles. The maximum atomic E-state index is 11.3. The van der Waals surface area contributed by atoms with Crippen molar-refractivity contribution in [3.05, 3.63) is 35.9 Å². The molecule has 0 aromatic heterocycles. The smallest absolute Gasteiger partial charge is 0.340 e. The van der Waals surface area contributed by atoms with Crippen LogP contribution in [-0.2, 0) is 19.9 Å². The molecule has 0 fully saturated rings. The Morgan fingerprint density at radius 1 is 1.24 bits per heavy atom. The number of carboxylic acid groups (broad SMARTS) is 2. The maximum absolute atomic E-state index is 11.3. The molecule has 1 aromatic rings. The predicted molar refractivity (Wildman–Crippen MR) is 59.6 cm³/mol. The van der Waals surface area contributed by atoms with Gasteiger partial charge in [0.05, 0.1) is 0 Å². The first-order chi connectivity index (χ1) is 8.03. The number of hydrogen-bond donors (Lipinski definition) is 2. The fourth-order valence-corrected chi connectivity index (χ4v) is 1.62. The van der Waals surface area contributed by atoms with E-state index in [1.807, 2.05) is 0 Å². The maximum Gasteiger partial charge on any atom is 0.340 e. The van der Waals surface area contributed by atoms with Crippen LogP contribution in [0.15, 0.2) is 30.3 Å². The van der Waals surface area contributed by atoms with Gasteiger partial charge in [-0.05, 0) is 12.0 Å². The van der Waals surface area contributed by atoms with Gasteiger partial charge in [0.1, 0.15) is 6.61 Å². The minimum atomic E-state index is -1.60. The average Bonchev–Trinajstić information content (AvgIpc) is 2.31. The van der Waals surface area contributed by atoms with Gasteiger partial charge in [0.15, 0.2) is 5.60 Å². The molecule has 0 amide bonds. The van der Waals surface area contributed by atoms with Crippen molar-refractivity contribution in [3.8, 4) is 0 Å². The molecule has 5 heteroatoms. The second-order valence-corrected chi connectivity index (χ2v) is 3.53. The summed E-state index contributed by atoms with van der Waals surface area (Å²) in [5.74, 6) is -2.38. The number of carboxylic acids is 2. The summed E-state index contributed by atoms with van der Waals surface area (Å²) in [6, 6.07) is 8.35. The Morgan fingerprint density at radius 3 is 2.24 bits per heavy atom. The van der Waals surface area contributed by atoms with Gasteiger partial charge in [-0.3, -0.25) is 0 Å². The van der Waals surface area contributed by atoms with E-state index in [4.69, 9.17) is 9.84 Å². The molecule has 0 aliphatic heterocycles. The van der Waals surface area contributed by atoms with Crippen molar-refractivity contribution < 1.29 is 24.5 Å². The molecular formula is C12H14O5. The van der Waals surface area contributed by atoms with Gasteiger partial charge in [0, 0.05) is 0 Å². The van der Waals surface area contributed by atoms with Gasteiger partial charge in [-0.25, -0.2) is 9.59 Å². The van der Waals surface area contributed by atoms with E-state index in [2.05, 4.69) is 0 Å². The molecule has 0 radical (unpaired) electrons. The standard InChI is InChI=1S/C12H14O5/c1-2-12(11(15)16,17-8-10(13)14)9-6-4-3-5-7-9/h3-7H,2,8H2,1H3,(H,13,14)(H,15,16). The monoisotopic (exact) mass is 238 g/mol. The molecule has 0 aliphatic carbocycles. The summed E-state index contributed by atoms with van der Waals surface area (Å²) in [5.41, 5.74) is -1.16. The summed E-state index contributed by atoms with van der Waals surface area (Å²) in [7, 11) is 0. The lowest BCUT2D eigenvalue weighted by molar-refractivity contribution is -0.173. The Hall–Kier alpha value is -1.88. The van der Waals surface area contributed by atoms with Crippen LogP contribution in [0.25, 0.3) is 0 Å². The van der Waals surface area contributed by atoms with Crippen LogP contribution in [-0.4, -0.2) is 28.8 Å². The van der Waals surface area contributed by atoms with Gasteiger partial charge in [0.25, 0.3) is 0 Å². The molecular weight excluding hydrogens is 224 g/mol. The molecule has 1 rings (SSSR count). The van der Waals surface area contributed by atoms with Gasteiger partial charge >= 0.3 is 11.9 Å². The molecule has 92 valence electrons. The number of hydrogen-bond acceptors (Lipinski definition) is 3. The van der Waals surface area contributed by atoms with Crippen molar-refractivity contribution in [3.63, 3.8) is 0 Å². The number of rotatable bonds is 6. The predicted octanol–water partition coefficient (Wildman–Crippen LogP) is 1.48. The lowest BCUT2D eigenvalue weighted by Crippen LogP contribution is -2.39. The van der Waals surface area contributed by atoms with E-state index in [1.165, 1.54) is 0 Å². The molecule has 1 atom stereocenters. The highest BCUT2D eigenvalue weighted by atomic mass is 16.5. The van der Waals surface area contributed by atoms with Crippen LogP contribution >= 0.6 is 0 Å². The normalized spacial score (nSPS) is 13.9. The largest absolute Gasteiger partial charge is 0.480 e. The topological polar surface area (TPSA) is 83.8 Å². The summed E-state index contributed by atoms with van der Waals surface area (Å²) in [4.78, 5) is 21.8. The highest BCUT2D eigenvalue weighted by Gasteiger charge is 2.40. The molecule has 0 spiro atoms. The van der Waals surface area contributed by atoms with Crippen molar-refractivity contribution in [1.29, 1.82) is 0 Å². The molecule has 5 nitrogen and oxygen atoms in total. The van der Waals surface area contributed by atoms with Gasteiger partial charge in [-0.1, -0.05) is 37.3 Å². The highest BCUT2D eigenvalue weighted by Crippen LogP contribution is 2.29. The third-order valence-electron chi connectivity index (χ3n) is 2.53. The van der Waals surface area contributed by atoms with Crippen LogP contribution in [0.4, 0.5) is 0 Å². The van der Waals surface area contributed by atoms with Crippen molar-refractivity contribution in [1.82, 2.24) is 0 Å². The first-order valence-electron chi connectivity index (χ1n) is 5.17. The van der Waals surface area contributed by atoms with E-state index in [9.17, 15) is 14.7 Å². The van der Waals surface area contributed by atoms with Gasteiger partial charge < -0.3 is 14.9 Å². The Kier molecular flexibility index (Phi) is 4.23. The average molecular weight is 238 g/mol. The minimum absolute atomic E-state index is 0.152. The highest BCUT2D eigenvalue weighted by molar-refractivity contribution is 5.80. The lowest BCUT2D eigenvalue weighted by atomic mass is 9.91. The second-order valence-electron chi connectivity index (χ2n) is 3.53. The molecule has 2 N–H and O–H groups in total. The number of carbonyl (C=O) groups is 2. The second kappa shape index (κ2) is 5.45. The Labute approximate surface area is 98.6 Å². The summed E-state index contributed by atoms with van der Waals surface area (Å²) in [6.07, 6.45) is 0.152. The van der Waals surface area contributed by atoms with Crippen LogP contribution < -0.4 is 0 Å². The molecule has 1 unspecified atom stereocenters. The summed E-state index contributed by atoms with van der Waals surface area (Å²) in [6.45, 7) is 0.998. The quantitative estimate of drug-likeness (QED) is 0.784. The van der Waals surface area contributed by atoms with Crippen LogP contribution in [0.5, 0.6) is 0 Å². The van der Waals surface area contributed by atoms with Crippen LogP contribution in [0, 0.1) is 0 Å². The Balaban J connectivity index is 3.09. The summed E-state index contributed by atoms with van der Waals surface area (Å²) >= 11 is 0. The third-order valence-corrected chi connectivity index (χ3v) is 2.53. The number of ether oxygens (including phenoxy) is 1. The first kappa shape index (κ1) is 13.2.